The molecular formula is C17H22N2O3S2. The first-order valence-corrected chi connectivity index (χ1v) is 9.70. The van der Waals surface area contributed by atoms with E-state index in [1.165, 1.54) is 10.5 Å². The molecule has 0 aliphatic heterocycles. The Balaban J connectivity index is 2.30. The molecular weight excluding hydrogens is 344 g/mol. The minimum atomic E-state index is -2.10. The predicted molar refractivity (Wildman–Crippen MR) is 101 cm³/mol. The summed E-state index contributed by atoms with van der Waals surface area (Å²) in [5, 5.41) is 0. The highest BCUT2D eigenvalue weighted by molar-refractivity contribution is 7.98. The van der Waals surface area contributed by atoms with Gasteiger partial charge in [-0.3, -0.25) is 9.27 Å². The fourth-order valence-electron chi connectivity index (χ4n) is 2.35. The van der Waals surface area contributed by atoms with Crippen LogP contribution in [0.4, 0.5) is 5.69 Å². The Morgan fingerprint density at radius 3 is 2.58 bits per heavy atom. The number of hydrogen-bond acceptors (Lipinski definition) is 4. The lowest BCUT2D eigenvalue weighted by atomic mass is 10.1. The molecule has 0 bridgehead atoms. The summed E-state index contributed by atoms with van der Waals surface area (Å²) < 4.78 is 28.4. The van der Waals surface area contributed by atoms with Gasteiger partial charge in [0.05, 0.1) is 0 Å². The second-order valence-electron chi connectivity index (χ2n) is 5.64. The van der Waals surface area contributed by atoms with E-state index in [9.17, 15) is 4.21 Å². The van der Waals surface area contributed by atoms with Gasteiger partial charge in [0, 0.05) is 22.7 Å². The van der Waals surface area contributed by atoms with Crippen molar-refractivity contribution in [1.29, 1.82) is 0 Å². The molecule has 1 unspecified atom stereocenters. The van der Waals surface area contributed by atoms with E-state index in [2.05, 4.69) is 17.9 Å². The van der Waals surface area contributed by atoms with Gasteiger partial charge in [0.1, 0.15) is 11.5 Å². The molecule has 2 aromatic carbocycles. The zero-order valence-electron chi connectivity index (χ0n) is 14.2. The molecule has 0 aliphatic rings. The van der Waals surface area contributed by atoms with Crippen LogP contribution in [0.2, 0.25) is 0 Å². The zero-order valence-corrected chi connectivity index (χ0v) is 15.8. The van der Waals surface area contributed by atoms with Gasteiger partial charge >= 0.3 is 0 Å². The van der Waals surface area contributed by atoms with Crippen LogP contribution in [0.5, 0.6) is 11.5 Å². The first-order chi connectivity index (χ1) is 11.4. The van der Waals surface area contributed by atoms with Gasteiger partial charge in [0.2, 0.25) is 0 Å². The van der Waals surface area contributed by atoms with Gasteiger partial charge in [-0.1, -0.05) is 0 Å². The van der Waals surface area contributed by atoms with Crippen LogP contribution in [0.3, 0.4) is 0 Å². The summed E-state index contributed by atoms with van der Waals surface area (Å²) in [6.45, 7) is 2.72. The second kappa shape index (κ2) is 8.53. The van der Waals surface area contributed by atoms with Gasteiger partial charge in [-0.05, 0) is 69.2 Å². The molecule has 2 aromatic rings. The van der Waals surface area contributed by atoms with E-state index in [4.69, 9.17) is 9.29 Å². The van der Waals surface area contributed by atoms with E-state index in [-0.39, 0.29) is 0 Å². The number of rotatable bonds is 7. The molecule has 0 spiro atoms. The molecule has 0 saturated carbocycles. The Morgan fingerprint density at radius 1 is 1.25 bits per heavy atom. The molecule has 0 aromatic heterocycles. The highest BCUT2D eigenvalue weighted by Crippen LogP contribution is 2.31. The number of aryl methyl sites for hydroxylation is 1. The van der Waals surface area contributed by atoms with E-state index >= 15 is 0 Å². The SMILES string of the molecule is CSc1ccc(Oc2ccc(NS(=O)O)cc2CN(C)C)cc1C. The summed E-state index contributed by atoms with van der Waals surface area (Å²) in [4.78, 5) is 3.24. The maximum Gasteiger partial charge on any atom is 0.259 e. The Labute approximate surface area is 149 Å². The van der Waals surface area contributed by atoms with E-state index in [1.807, 2.05) is 49.3 Å². The summed E-state index contributed by atoms with van der Waals surface area (Å²) in [7, 11) is 3.93. The molecule has 2 rings (SSSR count). The van der Waals surface area contributed by atoms with Crippen LogP contribution in [0.25, 0.3) is 0 Å². The summed E-state index contributed by atoms with van der Waals surface area (Å²) >= 11 is -0.389. The molecule has 5 nitrogen and oxygen atoms in total. The summed E-state index contributed by atoms with van der Waals surface area (Å²) in [5.74, 6) is 1.51. The van der Waals surface area contributed by atoms with Crippen molar-refractivity contribution in [2.24, 2.45) is 0 Å². The number of ether oxygens (including phenoxy) is 1. The lowest BCUT2D eigenvalue weighted by Crippen LogP contribution is -2.12. The first-order valence-electron chi connectivity index (χ1n) is 7.36. The van der Waals surface area contributed by atoms with Gasteiger partial charge in [0.15, 0.2) is 0 Å². The van der Waals surface area contributed by atoms with Gasteiger partial charge < -0.3 is 9.64 Å². The zero-order chi connectivity index (χ0) is 17.7. The van der Waals surface area contributed by atoms with Crippen LogP contribution in [-0.4, -0.2) is 34.0 Å². The van der Waals surface area contributed by atoms with Crippen molar-refractivity contribution >= 4 is 28.7 Å². The third-order valence-electron chi connectivity index (χ3n) is 3.35. The van der Waals surface area contributed by atoms with Crippen LogP contribution in [0, 0.1) is 6.92 Å². The molecule has 2 N–H and O–H groups in total. The van der Waals surface area contributed by atoms with Crippen LogP contribution in [0.1, 0.15) is 11.1 Å². The second-order valence-corrected chi connectivity index (χ2v) is 7.20. The largest absolute Gasteiger partial charge is 0.457 e. The highest BCUT2D eigenvalue weighted by Gasteiger charge is 2.10. The molecule has 0 heterocycles. The topological polar surface area (TPSA) is 61.8 Å². The monoisotopic (exact) mass is 366 g/mol. The lowest BCUT2D eigenvalue weighted by Gasteiger charge is -2.17. The quantitative estimate of drug-likeness (QED) is 0.570. The van der Waals surface area contributed by atoms with Gasteiger partial charge in [-0.25, -0.2) is 4.21 Å². The molecule has 0 saturated heterocycles. The molecule has 130 valence electrons. The van der Waals surface area contributed by atoms with Crippen molar-refractivity contribution in [2.45, 2.75) is 18.4 Å². The third kappa shape index (κ3) is 5.24. The number of benzene rings is 2. The van der Waals surface area contributed by atoms with Crippen molar-refractivity contribution in [2.75, 3.05) is 25.1 Å². The molecule has 0 radical (unpaired) electrons. The maximum absolute atomic E-state index is 10.9. The van der Waals surface area contributed by atoms with Crippen molar-refractivity contribution < 1.29 is 13.5 Å². The fourth-order valence-corrected chi connectivity index (χ4v) is 3.26. The molecule has 24 heavy (non-hydrogen) atoms. The average molecular weight is 367 g/mol. The summed E-state index contributed by atoms with van der Waals surface area (Å²) in [6, 6.07) is 11.4. The third-order valence-corrected chi connectivity index (χ3v) is 4.65. The van der Waals surface area contributed by atoms with Crippen molar-refractivity contribution in [3.8, 4) is 11.5 Å². The van der Waals surface area contributed by atoms with Crippen LogP contribution >= 0.6 is 11.8 Å². The number of nitrogens with one attached hydrogen (secondary N) is 1. The fraction of sp³-hybridized carbons (Fsp3) is 0.294. The average Bonchev–Trinajstić information content (AvgIpc) is 2.49. The van der Waals surface area contributed by atoms with Crippen LogP contribution in [-0.2, 0) is 17.8 Å². The number of nitrogens with zero attached hydrogens (tertiary/aromatic N) is 1. The molecule has 0 aliphatic carbocycles. The van der Waals surface area contributed by atoms with Gasteiger partial charge in [-0.15, -0.1) is 11.8 Å². The van der Waals surface area contributed by atoms with Crippen LogP contribution < -0.4 is 9.46 Å². The minimum absolute atomic E-state index is 0.578. The summed E-state index contributed by atoms with van der Waals surface area (Å²) in [5.41, 5.74) is 2.68. The van der Waals surface area contributed by atoms with Gasteiger partial charge in [0.25, 0.3) is 11.3 Å². The van der Waals surface area contributed by atoms with Gasteiger partial charge in [-0.2, -0.15) is 0 Å². The number of hydrogen-bond donors (Lipinski definition) is 2. The number of thioether (sulfide) groups is 1. The van der Waals surface area contributed by atoms with Crippen LogP contribution in [0.15, 0.2) is 41.3 Å². The normalized spacial score (nSPS) is 12.2. The molecule has 7 heteroatoms. The summed E-state index contributed by atoms with van der Waals surface area (Å²) in [6.07, 6.45) is 2.05. The Kier molecular flexibility index (Phi) is 6.68. The Morgan fingerprint density at radius 2 is 2.00 bits per heavy atom. The van der Waals surface area contributed by atoms with Crippen molar-refractivity contribution in [1.82, 2.24) is 4.90 Å². The van der Waals surface area contributed by atoms with Crippen molar-refractivity contribution in [3.05, 3.63) is 47.5 Å². The standard InChI is InChI=1S/C17H22N2O3S2/c1-12-9-15(6-8-17(12)23-4)22-16-7-5-14(18-24(20)21)10-13(16)11-19(2)3/h5-10,18H,11H2,1-4H3,(H,20,21). The molecule has 0 fully saturated rings. The Bertz CT molecular complexity index is 736. The van der Waals surface area contributed by atoms with E-state index < -0.39 is 11.3 Å². The van der Waals surface area contributed by atoms with E-state index in [1.54, 1.807) is 17.8 Å². The Hall–Kier alpha value is -1.54. The molecule has 1 atom stereocenters. The lowest BCUT2D eigenvalue weighted by molar-refractivity contribution is 0.388. The molecule has 0 amide bonds. The minimum Gasteiger partial charge on any atom is -0.457 e. The van der Waals surface area contributed by atoms with E-state index in [0.29, 0.717) is 12.2 Å². The highest BCUT2D eigenvalue weighted by atomic mass is 32.2. The maximum atomic E-state index is 10.9. The first kappa shape index (κ1) is 18.8. The van der Waals surface area contributed by atoms with E-state index in [0.717, 1.165) is 17.1 Å². The predicted octanol–water partition coefficient (Wildman–Crippen LogP) is 4.12. The number of anilines is 1. The van der Waals surface area contributed by atoms with Crippen molar-refractivity contribution in [3.63, 3.8) is 0 Å². The smallest absolute Gasteiger partial charge is 0.259 e.